The molecule has 2 atom stereocenters. The lowest BCUT2D eigenvalue weighted by atomic mass is 10.2. The number of rotatable bonds is 5. The van der Waals surface area contributed by atoms with Crippen molar-refractivity contribution in [2.45, 2.75) is 22.7 Å². The first-order valence-electron chi connectivity index (χ1n) is 7.75. The van der Waals surface area contributed by atoms with Gasteiger partial charge in [-0.15, -0.1) is 0 Å². The standard InChI is InChI=1S/C17H18FNO4S2/c18-14-6-8-15(9-7-14)25(22,23)17-12-24(20,21)11-16(17)19-10-13-4-2-1-3-5-13/h1-9,16-17,19H,10-12H2. The van der Waals surface area contributed by atoms with Crippen molar-refractivity contribution in [2.75, 3.05) is 11.5 Å². The van der Waals surface area contributed by atoms with Gasteiger partial charge in [-0.25, -0.2) is 21.2 Å². The van der Waals surface area contributed by atoms with E-state index in [1.807, 2.05) is 30.3 Å². The van der Waals surface area contributed by atoms with E-state index >= 15 is 0 Å². The molecule has 8 heteroatoms. The largest absolute Gasteiger partial charge is 0.308 e. The third-order valence-electron chi connectivity index (χ3n) is 4.25. The number of nitrogens with one attached hydrogen (secondary N) is 1. The molecule has 0 amide bonds. The summed E-state index contributed by atoms with van der Waals surface area (Å²) in [4.78, 5) is -0.0671. The Morgan fingerprint density at radius 2 is 1.64 bits per heavy atom. The van der Waals surface area contributed by atoms with E-state index in [-0.39, 0.29) is 10.6 Å². The molecule has 2 aromatic carbocycles. The van der Waals surface area contributed by atoms with Crippen molar-refractivity contribution < 1.29 is 21.2 Å². The fourth-order valence-electron chi connectivity index (χ4n) is 2.96. The number of sulfone groups is 2. The first-order valence-corrected chi connectivity index (χ1v) is 11.1. The molecule has 0 radical (unpaired) electrons. The first-order chi connectivity index (χ1) is 11.8. The van der Waals surface area contributed by atoms with Crippen LogP contribution in [0.3, 0.4) is 0 Å². The molecule has 5 nitrogen and oxygen atoms in total. The maximum atomic E-state index is 13.1. The van der Waals surface area contributed by atoms with Gasteiger partial charge < -0.3 is 5.32 Å². The molecule has 1 N–H and O–H groups in total. The SMILES string of the molecule is O=S1(=O)CC(NCc2ccccc2)C(S(=O)(=O)c2ccc(F)cc2)C1. The van der Waals surface area contributed by atoms with Crippen molar-refractivity contribution >= 4 is 19.7 Å². The van der Waals surface area contributed by atoms with E-state index in [0.717, 1.165) is 17.7 Å². The minimum absolute atomic E-state index is 0.0671. The maximum Gasteiger partial charge on any atom is 0.183 e. The summed E-state index contributed by atoms with van der Waals surface area (Å²) in [5, 5.41) is 1.97. The normalized spacial score (nSPS) is 22.8. The minimum atomic E-state index is -3.89. The third kappa shape index (κ3) is 4.08. The summed E-state index contributed by atoms with van der Waals surface area (Å²) in [6.07, 6.45) is 0. The summed E-state index contributed by atoms with van der Waals surface area (Å²) < 4.78 is 62.8. The molecule has 2 unspecified atom stereocenters. The van der Waals surface area contributed by atoms with Gasteiger partial charge >= 0.3 is 0 Å². The van der Waals surface area contributed by atoms with Gasteiger partial charge in [0.05, 0.1) is 21.7 Å². The molecule has 3 rings (SSSR count). The van der Waals surface area contributed by atoms with Crippen LogP contribution in [0, 0.1) is 5.82 Å². The number of benzene rings is 2. The lowest BCUT2D eigenvalue weighted by molar-refractivity contribution is 0.526. The topological polar surface area (TPSA) is 80.3 Å². The Labute approximate surface area is 146 Å². The Morgan fingerprint density at radius 1 is 1.00 bits per heavy atom. The predicted molar refractivity (Wildman–Crippen MR) is 93.1 cm³/mol. The molecule has 134 valence electrons. The van der Waals surface area contributed by atoms with Crippen LogP contribution in [0.15, 0.2) is 59.5 Å². The van der Waals surface area contributed by atoms with Crippen LogP contribution in [0.1, 0.15) is 5.56 Å². The summed E-state index contributed by atoms with van der Waals surface area (Å²) >= 11 is 0. The molecule has 1 heterocycles. The van der Waals surface area contributed by atoms with Gasteiger partial charge in [-0.1, -0.05) is 30.3 Å². The van der Waals surface area contributed by atoms with Crippen molar-refractivity contribution in [3.05, 3.63) is 66.0 Å². The summed E-state index contributed by atoms with van der Waals surface area (Å²) in [5.41, 5.74) is 0.935. The van der Waals surface area contributed by atoms with Crippen LogP contribution >= 0.6 is 0 Å². The molecular formula is C17H18FNO4S2. The van der Waals surface area contributed by atoms with E-state index in [2.05, 4.69) is 5.32 Å². The summed E-state index contributed by atoms with van der Waals surface area (Å²) in [7, 11) is -7.35. The smallest absolute Gasteiger partial charge is 0.183 e. The fraction of sp³-hybridized carbons (Fsp3) is 0.294. The fourth-order valence-corrected chi connectivity index (χ4v) is 7.67. The van der Waals surface area contributed by atoms with Gasteiger partial charge in [-0.05, 0) is 29.8 Å². The monoisotopic (exact) mass is 383 g/mol. The average molecular weight is 383 g/mol. The van der Waals surface area contributed by atoms with Crippen LogP contribution in [-0.4, -0.2) is 39.6 Å². The zero-order chi connectivity index (χ0) is 18.1. The molecule has 0 aromatic heterocycles. The third-order valence-corrected chi connectivity index (χ3v) is 8.42. The van der Waals surface area contributed by atoms with Crippen molar-refractivity contribution in [1.82, 2.24) is 5.32 Å². The minimum Gasteiger partial charge on any atom is -0.308 e. The Kier molecular flexibility index (Phi) is 4.95. The Hall–Kier alpha value is -1.77. The summed E-state index contributed by atoms with van der Waals surface area (Å²) in [5.74, 6) is -1.21. The molecule has 0 bridgehead atoms. The number of hydrogen-bond donors (Lipinski definition) is 1. The van der Waals surface area contributed by atoms with Gasteiger partial charge in [0, 0.05) is 12.6 Å². The molecule has 0 spiro atoms. The lowest BCUT2D eigenvalue weighted by Gasteiger charge is -2.20. The average Bonchev–Trinajstić information content (AvgIpc) is 2.90. The van der Waals surface area contributed by atoms with E-state index < -0.39 is 42.5 Å². The van der Waals surface area contributed by atoms with Crippen LogP contribution in [-0.2, 0) is 26.2 Å². The first kappa shape index (κ1) is 18.0. The molecule has 1 saturated heterocycles. The van der Waals surface area contributed by atoms with Crippen molar-refractivity contribution in [2.24, 2.45) is 0 Å². The van der Waals surface area contributed by atoms with Crippen molar-refractivity contribution in [3.8, 4) is 0 Å². The summed E-state index contributed by atoms with van der Waals surface area (Å²) in [6, 6.07) is 13.1. The van der Waals surface area contributed by atoms with E-state index in [9.17, 15) is 21.2 Å². The van der Waals surface area contributed by atoms with Crippen LogP contribution in [0.4, 0.5) is 4.39 Å². The Balaban J connectivity index is 1.85. The molecule has 1 aliphatic rings. The molecule has 1 fully saturated rings. The second-order valence-corrected chi connectivity index (χ2v) is 10.4. The zero-order valence-corrected chi connectivity index (χ0v) is 14.9. The molecule has 2 aromatic rings. The van der Waals surface area contributed by atoms with Gasteiger partial charge in [0.25, 0.3) is 0 Å². The van der Waals surface area contributed by atoms with Crippen LogP contribution in [0.2, 0.25) is 0 Å². The van der Waals surface area contributed by atoms with E-state index in [1.165, 1.54) is 12.1 Å². The lowest BCUT2D eigenvalue weighted by Crippen LogP contribution is -2.43. The molecule has 0 aliphatic carbocycles. The second kappa shape index (κ2) is 6.86. The van der Waals surface area contributed by atoms with E-state index in [0.29, 0.717) is 6.54 Å². The van der Waals surface area contributed by atoms with Gasteiger partial charge in [-0.2, -0.15) is 0 Å². The Bertz CT molecular complexity index is 942. The maximum absolute atomic E-state index is 13.1. The van der Waals surface area contributed by atoms with Crippen molar-refractivity contribution in [1.29, 1.82) is 0 Å². The number of hydrogen-bond acceptors (Lipinski definition) is 5. The second-order valence-electron chi connectivity index (χ2n) is 6.09. The number of halogens is 1. The van der Waals surface area contributed by atoms with Gasteiger partial charge in [0.2, 0.25) is 0 Å². The summed E-state index contributed by atoms with van der Waals surface area (Å²) in [6.45, 7) is 0.371. The quantitative estimate of drug-likeness (QED) is 0.793. The van der Waals surface area contributed by atoms with Crippen LogP contribution in [0.5, 0.6) is 0 Å². The van der Waals surface area contributed by atoms with Crippen LogP contribution in [0.25, 0.3) is 0 Å². The molecule has 0 saturated carbocycles. The Morgan fingerprint density at radius 3 is 2.28 bits per heavy atom. The van der Waals surface area contributed by atoms with E-state index in [4.69, 9.17) is 0 Å². The highest BCUT2D eigenvalue weighted by Gasteiger charge is 2.45. The van der Waals surface area contributed by atoms with Gasteiger partial charge in [0.1, 0.15) is 5.82 Å². The zero-order valence-electron chi connectivity index (χ0n) is 13.3. The molecule has 1 aliphatic heterocycles. The molecule has 25 heavy (non-hydrogen) atoms. The van der Waals surface area contributed by atoms with Gasteiger partial charge in [0.15, 0.2) is 19.7 Å². The van der Waals surface area contributed by atoms with Crippen LogP contribution < -0.4 is 5.32 Å². The highest BCUT2D eigenvalue weighted by atomic mass is 32.2. The highest BCUT2D eigenvalue weighted by Crippen LogP contribution is 2.26. The molecular weight excluding hydrogens is 365 g/mol. The van der Waals surface area contributed by atoms with Gasteiger partial charge in [-0.3, -0.25) is 0 Å². The predicted octanol–water partition coefficient (Wildman–Crippen LogP) is 1.55. The highest BCUT2D eigenvalue weighted by molar-refractivity contribution is 7.96. The van der Waals surface area contributed by atoms with Crippen molar-refractivity contribution in [3.63, 3.8) is 0 Å². The van der Waals surface area contributed by atoms with E-state index in [1.54, 1.807) is 0 Å².